The maximum Gasteiger partial charge on any atom is 0.309 e. The third-order valence-electron chi connectivity index (χ3n) is 2.92. The minimum Gasteiger partial charge on any atom is -0.379 e. The Morgan fingerprint density at radius 2 is 1.80 bits per heavy atom. The molecule has 0 saturated heterocycles. The first-order chi connectivity index (χ1) is 9.35. The van der Waals surface area contributed by atoms with E-state index < -0.39 is 10.1 Å². The SMILES string of the molecule is CCCCCC(C)CS(=O)(=O)Oc1c(Cl)cccc1Cl. The van der Waals surface area contributed by atoms with E-state index in [0.29, 0.717) is 0 Å². The van der Waals surface area contributed by atoms with Gasteiger partial charge in [-0.05, 0) is 24.5 Å². The van der Waals surface area contributed by atoms with Gasteiger partial charge in [-0.2, -0.15) is 8.42 Å². The summed E-state index contributed by atoms with van der Waals surface area (Å²) in [6, 6.07) is 4.73. The molecule has 0 radical (unpaired) electrons. The summed E-state index contributed by atoms with van der Waals surface area (Å²) in [4.78, 5) is 0. The Hall–Kier alpha value is -0.450. The molecule has 0 aliphatic rings. The summed E-state index contributed by atoms with van der Waals surface area (Å²) in [5.41, 5.74) is 0. The minimum atomic E-state index is -3.68. The lowest BCUT2D eigenvalue weighted by Gasteiger charge is -2.13. The van der Waals surface area contributed by atoms with Gasteiger partial charge in [0, 0.05) is 0 Å². The Balaban J connectivity index is 2.66. The molecule has 0 aliphatic heterocycles. The zero-order chi connectivity index (χ0) is 15.2. The predicted molar refractivity (Wildman–Crippen MR) is 84.2 cm³/mol. The van der Waals surface area contributed by atoms with Crippen LogP contribution in [0.15, 0.2) is 18.2 Å². The Morgan fingerprint density at radius 1 is 1.20 bits per heavy atom. The van der Waals surface area contributed by atoms with E-state index in [1.165, 1.54) is 0 Å². The van der Waals surface area contributed by atoms with Gasteiger partial charge < -0.3 is 4.18 Å². The van der Waals surface area contributed by atoms with Crippen molar-refractivity contribution in [1.29, 1.82) is 0 Å². The highest BCUT2D eigenvalue weighted by molar-refractivity contribution is 7.87. The quantitative estimate of drug-likeness (QED) is 0.499. The van der Waals surface area contributed by atoms with E-state index in [1.54, 1.807) is 18.2 Å². The molecule has 0 fully saturated rings. The van der Waals surface area contributed by atoms with Crippen LogP contribution in [0.2, 0.25) is 10.0 Å². The molecule has 0 heterocycles. The van der Waals surface area contributed by atoms with Crippen molar-refractivity contribution < 1.29 is 12.6 Å². The highest BCUT2D eigenvalue weighted by atomic mass is 35.5. The lowest BCUT2D eigenvalue weighted by Crippen LogP contribution is -2.19. The van der Waals surface area contributed by atoms with Crippen molar-refractivity contribution >= 4 is 33.3 Å². The van der Waals surface area contributed by atoms with Crippen molar-refractivity contribution in [2.45, 2.75) is 39.5 Å². The summed E-state index contributed by atoms with van der Waals surface area (Å²) < 4.78 is 29.1. The monoisotopic (exact) mass is 338 g/mol. The average Bonchev–Trinajstić information content (AvgIpc) is 2.34. The van der Waals surface area contributed by atoms with E-state index in [2.05, 4.69) is 6.92 Å². The Bertz CT molecular complexity index is 509. The van der Waals surface area contributed by atoms with Crippen LogP contribution >= 0.6 is 23.2 Å². The fourth-order valence-electron chi connectivity index (χ4n) is 1.90. The van der Waals surface area contributed by atoms with Crippen molar-refractivity contribution in [3.8, 4) is 5.75 Å². The van der Waals surface area contributed by atoms with Crippen molar-refractivity contribution in [2.75, 3.05) is 5.75 Å². The number of para-hydroxylation sites is 1. The number of halogens is 2. The van der Waals surface area contributed by atoms with E-state index in [0.717, 1.165) is 25.7 Å². The van der Waals surface area contributed by atoms with Crippen LogP contribution in [0.1, 0.15) is 39.5 Å². The fraction of sp³-hybridized carbons (Fsp3) is 0.571. The van der Waals surface area contributed by atoms with Crippen LogP contribution in [0.25, 0.3) is 0 Å². The van der Waals surface area contributed by atoms with Crippen LogP contribution in [0.4, 0.5) is 0 Å². The first-order valence-corrected chi connectivity index (χ1v) is 9.05. The Morgan fingerprint density at radius 3 is 2.35 bits per heavy atom. The normalized spacial score (nSPS) is 13.2. The summed E-state index contributed by atoms with van der Waals surface area (Å²) in [7, 11) is -3.68. The maximum atomic E-state index is 12.0. The Kier molecular flexibility index (Phi) is 7.13. The van der Waals surface area contributed by atoms with E-state index in [4.69, 9.17) is 27.4 Å². The fourth-order valence-corrected chi connectivity index (χ4v) is 3.83. The van der Waals surface area contributed by atoms with E-state index in [9.17, 15) is 8.42 Å². The molecule has 6 heteroatoms. The second kappa shape index (κ2) is 8.11. The smallest absolute Gasteiger partial charge is 0.309 e. The van der Waals surface area contributed by atoms with E-state index in [-0.39, 0.29) is 27.5 Å². The minimum absolute atomic E-state index is 0.0107. The summed E-state index contributed by atoms with van der Waals surface area (Å²) in [6.45, 7) is 4.02. The highest BCUT2D eigenvalue weighted by Gasteiger charge is 2.20. The van der Waals surface area contributed by atoms with E-state index >= 15 is 0 Å². The van der Waals surface area contributed by atoms with Gasteiger partial charge in [0.1, 0.15) is 0 Å². The number of hydrogen-bond acceptors (Lipinski definition) is 3. The van der Waals surface area contributed by atoms with Gasteiger partial charge in [0.25, 0.3) is 0 Å². The molecule has 0 amide bonds. The first-order valence-electron chi connectivity index (χ1n) is 6.72. The molecule has 1 rings (SSSR count). The second-order valence-corrected chi connectivity index (χ2v) is 7.39. The number of benzene rings is 1. The van der Waals surface area contributed by atoms with Crippen molar-refractivity contribution in [2.24, 2.45) is 5.92 Å². The zero-order valence-corrected chi connectivity index (χ0v) is 14.1. The van der Waals surface area contributed by atoms with Gasteiger partial charge in [-0.25, -0.2) is 0 Å². The van der Waals surface area contributed by atoms with Crippen LogP contribution in [-0.4, -0.2) is 14.2 Å². The molecule has 1 atom stereocenters. The lowest BCUT2D eigenvalue weighted by molar-refractivity contribution is 0.460. The molecular formula is C14H20Cl2O3S. The molecule has 0 aromatic heterocycles. The molecule has 20 heavy (non-hydrogen) atoms. The van der Waals surface area contributed by atoms with Gasteiger partial charge >= 0.3 is 10.1 Å². The van der Waals surface area contributed by atoms with Gasteiger partial charge in [0.05, 0.1) is 15.8 Å². The van der Waals surface area contributed by atoms with E-state index in [1.807, 2.05) is 6.92 Å². The molecule has 0 bridgehead atoms. The third kappa shape index (κ3) is 5.90. The standard InChI is InChI=1S/C14H20Cl2O3S/c1-3-4-5-7-11(2)10-20(17,18)19-14-12(15)8-6-9-13(14)16/h6,8-9,11H,3-5,7,10H2,1-2H3. The highest BCUT2D eigenvalue weighted by Crippen LogP contribution is 2.33. The zero-order valence-electron chi connectivity index (χ0n) is 11.7. The first kappa shape index (κ1) is 17.6. The number of hydrogen-bond donors (Lipinski definition) is 0. The van der Waals surface area contributed by atoms with Crippen LogP contribution in [0, 0.1) is 5.92 Å². The molecule has 0 spiro atoms. The molecule has 0 saturated carbocycles. The van der Waals surface area contributed by atoms with Gasteiger partial charge in [-0.1, -0.05) is 62.4 Å². The van der Waals surface area contributed by atoms with Crippen LogP contribution in [0.5, 0.6) is 5.75 Å². The van der Waals surface area contributed by atoms with Crippen molar-refractivity contribution in [3.05, 3.63) is 28.2 Å². The summed E-state index contributed by atoms with van der Waals surface area (Å²) in [6.07, 6.45) is 4.12. The molecule has 114 valence electrons. The Labute approximate surface area is 131 Å². The molecule has 3 nitrogen and oxygen atoms in total. The van der Waals surface area contributed by atoms with Gasteiger partial charge in [0.2, 0.25) is 0 Å². The molecular weight excluding hydrogens is 319 g/mol. The second-order valence-electron chi connectivity index (χ2n) is 4.96. The van der Waals surface area contributed by atoms with Crippen LogP contribution < -0.4 is 4.18 Å². The van der Waals surface area contributed by atoms with Gasteiger partial charge in [-0.15, -0.1) is 0 Å². The summed E-state index contributed by atoms with van der Waals surface area (Å²) >= 11 is 11.8. The third-order valence-corrected chi connectivity index (χ3v) is 4.91. The van der Waals surface area contributed by atoms with Gasteiger partial charge in [-0.3, -0.25) is 0 Å². The van der Waals surface area contributed by atoms with Crippen LogP contribution in [-0.2, 0) is 10.1 Å². The molecule has 0 N–H and O–H groups in total. The van der Waals surface area contributed by atoms with Gasteiger partial charge in [0.15, 0.2) is 5.75 Å². The molecule has 1 aromatic carbocycles. The average molecular weight is 339 g/mol. The predicted octanol–water partition coefficient (Wildman–Crippen LogP) is 4.92. The van der Waals surface area contributed by atoms with Crippen LogP contribution in [0.3, 0.4) is 0 Å². The molecule has 1 unspecified atom stereocenters. The summed E-state index contributed by atoms with van der Waals surface area (Å²) in [5.74, 6) is 0.0301. The summed E-state index contributed by atoms with van der Waals surface area (Å²) in [5, 5.41) is 0.388. The molecule has 1 aromatic rings. The largest absolute Gasteiger partial charge is 0.379 e. The van der Waals surface area contributed by atoms with Crippen molar-refractivity contribution in [1.82, 2.24) is 0 Å². The maximum absolute atomic E-state index is 12.0. The number of unbranched alkanes of at least 4 members (excludes halogenated alkanes) is 2. The topological polar surface area (TPSA) is 43.4 Å². The number of rotatable bonds is 8. The van der Waals surface area contributed by atoms with Crippen molar-refractivity contribution in [3.63, 3.8) is 0 Å². The lowest BCUT2D eigenvalue weighted by atomic mass is 10.1. The molecule has 0 aliphatic carbocycles.